The van der Waals surface area contributed by atoms with E-state index in [1.165, 1.54) is 0 Å². The molecule has 0 saturated carbocycles. The van der Waals surface area contributed by atoms with Crippen molar-refractivity contribution < 1.29 is 14.7 Å². The van der Waals surface area contributed by atoms with E-state index in [0.717, 1.165) is 0 Å². The fraction of sp³-hybridized carbons (Fsp3) is 0.714. The molecule has 0 aromatic rings. The fourth-order valence-corrected chi connectivity index (χ4v) is 2.48. The van der Waals surface area contributed by atoms with E-state index in [2.05, 4.69) is 16.1 Å². The average Bonchev–Trinajstić information content (AvgIpc) is 3.23. The van der Waals surface area contributed by atoms with Crippen LogP contribution in [0.25, 0.3) is 0 Å². The number of amides is 1. The zero-order chi connectivity index (χ0) is 15.3. The first-order chi connectivity index (χ1) is 10.0. The van der Waals surface area contributed by atoms with Gasteiger partial charge in [0.05, 0.1) is 6.54 Å². The molecular formula is C14H20N4O3. The van der Waals surface area contributed by atoms with Gasteiger partial charge in [-0.1, -0.05) is 0 Å². The first-order valence-corrected chi connectivity index (χ1v) is 7.14. The van der Waals surface area contributed by atoms with Crippen LogP contribution in [0.5, 0.6) is 0 Å². The molecule has 0 radical (unpaired) electrons. The molecular weight excluding hydrogens is 272 g/mol. The van der Waals surface area contributed by atoms with E-state index >= 15 is 0 Å². The summed E-state index contributed by atoms with van der Waals surface area (Å²) in [6, 6.07) is 0. The Labute approximate surface area is 124 Å². The van der Waals surface area contributed by atoms with E-state index in [1.807, 2.05) is 4.90 Å². The molecule has 0 bridgehead atoms. The number of piperazine rings is 1. The molecule has 2 heterocycles. The van der Waals surface area contributed by atoms with Crippen molar-refractivity contribution in [3.8, 4) is 12.3 Å². The van der Waals surface area contributed by atoms with Crippen molar-refractivity contribution in [3.05, 3.63) is 0 Å². The van der Waals surface area contributed by atoms with Gasteiger partial charge in [0.25, 0.3) is 0 Å². The van der Waals surface area contributed by atoms with Crippen molar-refractivity contribution in [2.75, 3.05) is 32.7 Å². The van der Waals surface area contributed by atoms with Gasteiger partial charge < -0.3 is 10.0 Å². The van der Waals surface area contributed by atoms with Crippen molar-refractivity contribution >= 4 is 11.9 Å². The number of hydrogen-bond acceptors (Lipinski definition) is 5. The predicted molar refractivity (Wildman–Crippen MR) is 75.5 cm³/mol. The first kappa shape index (κ1) is 15.4. The molecule has 21 heavy (non-hydrogen) atoms. The molecule has 114 valence electrons. The highest BCUT2D eigenvalue weighted by molar-refractivity contribution is 5.76. The van der Waals surface area contributed by atoms with Crippen molar-refractivity contribution in [2.45, 2.75) is 31.3 Å². The summed E-state index contributed by atoms with van der Waals surface area (Å²) < 4.78 is 0. The van der Waals surface area contributed by atoms with Crippen LogP contribution in [0, 0.1) is 12.3 Å². The third kappa shape index (κ3) is 4.53. The quantitative estimate of drug-likeness (QED) is 0.695. The molecule has 0 aromatic carbocycles. The summed E-state index contributed by atoms with van der Waals surface area (Å²) in [6.45, 7) is 2.41. The number of carbonyl (C=O) groups excluding carboxylic acids is 1. The second-order valence-corrected chi connectivity index (χ2v) is 5.44. The molecule has 1 N–H and O–H groups in total. The van der Waals surface area contributed by atoms with E-state index in [-0.39, 0.29) is 12.5 Å². The predicted octanol–water partition coefficient (Wildman–Crippen LogP) is 0.571. The summed E-state index contributed by atoms with van der Waals surface area (Å²) in [5.41, 5.74) is -0.410. The van der Waals surface area contributed by atoms with E-state index in [1.54, 1.807) is 4.90 Å². The number of aliphatic carboxylic acids is 1. The van der Waals surface area contributed by atoms with E-state index in [0.29, 0.717) is 51.9 Å². The Morgan fingerprint density at radius 2 is 1.86 bits per heavy atom. The number of rotatable bonds is 7. The minimum absolute atomic E-state index is 0.0367. The number of carboxylic acid groups (broad SMARTS) is 1. The summed E-state index contributed by atoms with van der Waals surface area (Å²) in [5, 5.41) is 16.8. The monoisotopic (exact) mass is 292 g/mol. The van der Waals surface area contributed by atoms with Crippen LogP contribution in [0.3, 0.4) is 0 Å². The molecule has 0 aromatic heterocycles. The maximum Gasteiger partial charge on any atom is 0.317 e. The van der Waals surface area contributed by atoms with Gasteiger partial charge in [0.2, 0.25) is 5.91 Å². The van der Waals surface area contributed by atoms with Crippen LogP contribution in [0.1, 0.15) is 25.7 Å². The van der Waals surface area contributed by atoms with Crippen LogP contribution in [0.15, 0.2) is 10.2 Å². The molecule has 0 unspecified atom stereocenters. The minimum atomic E-state index is -0.831. The van der Waals surface area contributed by atoms with Gasteiger partial charge in [0, 0.05) is 51.9 Å². The smallest absolute Gasteiger partial charge is 0.317 e. The average molecular weight is 292 g/mol. The lowest BCUT2D eigenvalue weighted by Gasteiger charge is -2.34. The zero-order valence-corrected chi connectivity index (χ0v) is 12.0. The topological polar surface area (TPSA) is 85.6 Å². The van der Waals surface area contributed by atoms with Gasteiger partial charge in [-0.15, -0.1) is 12.3 Å². The molecule has 1 saturated heterocycles. The SMILES string of the molecule is C#CCCC1(CCC(=O)N2CCN(CC(=O)O)CC2)N=N1. The van der Waals surface area contributed by atoms with Crippen LogP contribution < -0.4 is 0 Å². The summed E-state index contributed by atoms with van der Waals surface area (Å²) in [7, 11) is 0. The third-order valence-electron chi connectivity index (χ3n) is 3.88. The first-order valence-electron chi connectivity index (χ1n) is 7.14. The Morgan fingerprint density at radius 3 is 2.38 bits per heavy atom. The lowest BCUT2D eigenvalue weighted by Crippen LogP contribution is -2.50. The van der Waals surface area contributed by atoms with Gasteiger partial charge in [-0.25, -0.2) is 0 Å². The zero-order valence-electron chi connectivity index (χ0n) is 12.0. The van der Waals surface area contributed by atoms with Crippen LogP contribution in [0.2, 0.25) is 0 Å². The van der Waals surface area contributed by atoms with Crippen molar-refractivity contribution in [3.63, 3.8) is 0 Å². The summed E-state index contributed by atoms with van der Waals surface area (Å²) in [4.78, 5) is 26.4. The second kappa shape index (κ2) is 6.68. The Balaban J connectivity index is 1.68. The molecule has 7 heteroatoms. The molecule has 0 spiro atoms. The second-order valence-electron chi connectivity index (χ2n) is 5.44. The molecule has 0 atom stereocenters. The van der Waals surface area contributed by atoms with Crippen LogP contribution in [0.4, 0.5) is 0 Å². The van der Waals surface area contributed by atoms with Crippen molar-refractivity contribution in [1.29, 1.82) is 0 Å². The maximum atomic E-state index is 12.1. The Kier molecular flexibility index (Phi) is 4.91. The molecule has 2 aliphatic rings. The standard InChI is InChI=1S/C14H20N4O3/c1-2-3-5-14(15-16-14)6-4-12(19)18-9-7-17(8-10-18)11-13(20)21/h1H,3-11H2,(H,20,21). The lowest BCUT2D eigenvalue weighted by atomic mass is 10.0. The minimum Gasteiger partial charge on any atom is -0.480 e. The molecule has 2 aliphatic heterocycles. The number of terminal acetylenes is 1. The lowest BCUT2D eigenvalue weighted by molar-refractivity contribution is -0.139. The Bertz CT molecular complexity index is 469. The van der Waals surface area contributed by atoms with Gasteiger partial charge in [-0.3, -0.25) is 14.5 Å². The fourth-order valence-electron chi connectivity index (χ4n) is 2.48. The normalized spacial score (nSPS) is 20.0. The maximum absolute atomic E-state index is 12.1. The van der Waals surface area contributed by atoms with Gasteiger partial charge >= 0.3 is 5.97 Å². The summed E-state index contributed by atoms with van der Waals surface area (Å²) in [5.74, 6) is 1.82. The van der Waals surface area contributed by atoms with E-state index in [9.17, 15) is 9.59 Å². The van der Waals surface area contributed by atoms with Crippen LogP contribution >= 0.6 is 0 Å². The van der Waals surface area contributed by atoms with Gasteiger partial charge in [-0.05, 0) is 0 Å². The van der Waals surface area contributed by atoms with E-state index < -0.39 is 11.6 Å². The van der Waals surface area contributed by atoms with Crippen LogP contribution in [-0.4, -0.2) is 65.2 Å². The van der Waals surface area contributed by atoms with Crippen LogP contribution in [-0.2, 0) is 9.59 Å². The molecule has 0 aliphatic carbocycles. The van der Waals surface area contributed by atoms with E-state index in [4.69, 9.17) is 11.5 Å². The Morgan fingerprint density at radius 1 is 1.19 bits per heavy atom. The van der Waals surface area contributed by atoms with Crippen molar-refractivity contribution in [1.82, 2.24) is 9.80 Å². The number of carboxylic acids is 1. The molecule has 7 nitrogen and oxygen atoms in total. The van der Waals surface area contributed by atoms with Gasteiger partial charge in [0.1, 0.15) is 0 Å². The third-order valence-corrected chi connectivity index (χ3v) is 3.88. The van der Waals surface area contributed by atoms with Gasteiger partial charge in [-0.2, -0.15) is 10.2 Å². The Hall–Kier alpha value is -1.94. The summed E-state index contributed by atoms with van der Waals surface area (Å²) >= 11 is 0. The van der Waals surface area contributed by atoms with Crippen molar-refractivity contribution in [2.24, 2.45) is 10.2 Å². The highest BCUT2D eigenvalue weighted by atomic mass is 16.4. The summed E-state index contributed by atoms with van der Waals surface area (Å²) in [6.07, 6.45) is 7.59. The number of carbonyl (C=O) groups is 2. The largest absolute Gasteiger partial charge is 0.480 e. The number of nitrogens with zero attached hydrogens (tertiary/aromatic N) is 4. The highest BCUT2D eigenvalue weighted by Crippen LogP contribution is 2.37. The van der Waals surface area contributed by atoms with Gasteiger partial charge in [0.15, 0.2) is 5.66 Å². The number of hydrogen-bond donors (Lipinski definition) is 1. The highest BCUT2D eigenvalue weighted by Gasteiger charge is 2.39. The molecule has 2 rings (SSSR count). The molecule has 1 amide bonds. The molecule has 1 fully saturated rings.